The van der Waals surface area contributed by atoms with Crippen LogP contribution in [0.5, 0.6) is 0 Å². The smallest absolute Gasteiger partial charge is 0.223 e. The third-order valence-corrected chi connectivity index (χ3v) is 3.58. The molecule has 0 unspecified atom stereocenters. The average molecular weight is 291 g/mol. The van der Waals surface area contributed by atoms with E-state index in [1.54, 1.807) is 13.1 Å². The first-order valence-electron chi connectivity index (χ1n) is 6.89. The Labute approximate surface area is 126 Å². The number of fused-ring (bicyclic) bond motifs is 1. The summed E-state index contributed by atoms with van der Waals surface area (Å²) < 4.78 is 7.06. The summed E-state index contributed by atoms with van der Waals surface area (Å²) in [5.41, 5.74) is 3.55. The molecule has 108 valence electrons. The molecule has 0 aromatic carbocycles. The lowest BCUT2D eigenvalue weighted by atomic mass is 10.1. The molecule has 22 heavy (non-hydrogen) atoms. The van der Waals surface area contributed by atoms with Crippen LogP contribution in [0.3, 0.4) is 0 Å². The molecule has 0 N–H and O–H groups in total. The lowest BCUT2D eigenvalue weighted by Gasteiger charge is -2.03. The number of aromatic nitrogens is 5. The van der Waals surface area contributed by atoms with Gasteiger partial charge in [0.15, 0.2) is 0 Å². The predicted octanol–water partition coefficient (Wildman–Crippen LogP) is 2.99. The van der Waals surface area contributed by atoms with E-state index in [0.717, 1.165) is 27.9 Å². The molecule has 0 aliphatic heterocycles. The third kappa shape index (κ3) is 2.05. The van der Waals surface area contributed by atoms with Crippen LogP contribution in [-0.2, 0) is 7.05 Å². The number of nitrogens with zero attached hydrogens (tertiary/aromatic N) is 5. The summed E-state index contributed by atoms with van der Waals surface area (Å²) in [5.74, 6) is 1.10. The summed E-state index contributed by atoms with van der Waals surface area (Å²) in [4.78, 5) is 13.1. The quantitative estimate of drug-likeness (QED) is 0.568. The van der Waals surface area contributed by atoms with E-state index >= 15 is 0 Å². The lowest BCUT2D eigenvalue weighted by molar-refractivity contribution is 0.394. The lowest BCUT2D eigenvalue weighted by Crippen LogP contribution is -1.91. The van der Waals surface area contributed by atoms with Gasteiger partial charge in [-0.3, -0.25) is 9.97 Å². The molecule has 4 heterocycles. The molecule has 0 saturated carbocycles. The Bertz CT molecular complexity index is 970. The summed E-state index contributed by atoms with van der Waals surface area (Å²) in [6, 6.07) is 7.87. The molecular formula is C16H13N5O. The van der Waals surface area contributed by atoms with Crippen LogP contribution >= 0.6 is 0 Å². The zero-order chi connectivity index (χ0) is 15.1. The summed E-state index contributed by atoms with van der Waals surface area (Å²) in [7, 11) is 2.00. The summed E-state index contributed by atoms with van der Waals surface area (Å²) in [6.45, 7) is 1.77. The minimum atomic E-state index is 0.539. The van der Waals surface area contributed by atoms with Crippen LogP contribution in [0.15, 0.2) is 47.4 Å². The first-order valence-corrected chi connectivity index (χ1v) is 6.89. The van der Waals surface area contributed by atoms with E-state index in [2.05, 4.69) is 26.2 Å². The van der Waals surface area contributed by atoms with Crippen molar-refractivity contribution in [1.29, 1.82) is 0 Å². The van der Waals surface area contributed by atoms with Crippen molar-refractivity contribution in [3.63, 3.8) is 0 Å². The molecule has 0 spiro atoms. The van der Waals surface area contributed by atoms with E-state index in [1.165, 1.54) is 0 Å². The Kier molecular flexibility index (Phi) is 2.75. The van der Waals surface area contributed by atoms with Gasteiger partial charge in [0, 0.05) is 37.3 Å². The Morgan fingerprint density at radius 3 is 2.77 bits per heavy atom. The van der Waals surface area contributed by atoms with E-state index in [1.807, 2.05) is 42.2 Å². The van der Waals surface area contributed by atoms with Crippen molar-refractivity contribution in [2.24, 2.45) is 7.05 Å². The highest BCUT2D eigenvalue weighted by Crippen LogP contribution is 2.24. The van der Waals surface area contributed by atoms with Crippen LogP contribution in [0.1, 0.15) is 5.89 Å². The number of pyridine rings is 2. The minimum absolute atomic E-state index is 0.539. The zero-order valence-corrected chi connectivity index (χ0v) is 12.2. The van der Waals surface area contributed by atoms with Gasteiger partial charge in [-0.1, -0.05) is 5.16 Å². The van der Waals surface area contributed by atoms with Crippen molar-refractivity contribution >= 4 is 10.9 Å². The SMILES string of the molecule is Cc1nc(-c2ccnc(-c3cc4ccn(C)c4cn3)c2)no1. The second kappa shape index (κ2) is 4.77. The van der Waals surface area contributed by atoms with Gasteiger partial charge < -0.3 is 9.09 Å². The van der Waals surface area contributed by atoms with E-state index in [4.69, 9.17) is 4.52 Å². The normalized spacial score (nSPS) is 11.2. The van der Waals surface area contributed by atoms with Gasteiger partial charge >= 0.3 is 0 Å². The van der Waals surface area contributed by atoms with Gasteiger partial charge in [-0.2, -0.15) is 4.98 Å². The molecule has 6 nitrogen and oxygen atoms in total. The first-order chi connectivity index (χ1) is 10.7. The minimum Gasteiger partial charge on any atom is -0.349 e. The molecule has 0 saturated heterocycles. The maximum atomic E-state index is 5.02. The van der Waals surface area contributed by atoms with Crippen molar-refractivity contribution in [3.8, 4) is 22.8 Å². The first kappa shape index (κ1) is 12.7. The number of hydrogen-bond donors (Lipinski definition) is 0. The highest BCUT2D eigenvalue weighted by Gasteiger charge is 2.09. The maximum Gasteiger partial charge on any atom is 0.223 e. The summed E-state index contributed by atoms with van der Waals surface area (Å²) in [6.07, 6.45) is 5.60. The fourth-order valence-electron chi connectivity index (χ4n) is 2.43. The summed E-state index contributed by atoms with van der Waals surface area (Å²) >= 11 is 0. The number of rotatable bonds is 2. The Morgan fingerprint density at radius 2 is 1.95 bits per heavy atom. The Balaban J connectivity index is 1.80. The molecule has 4 aromatic rings. The highest BCUT2D eigenvalue weighted by molar-refractivity contribution is 5.83. The second-order valence-electron chi connectivity index (χ2n) is 5.12. The molecule has 4 aromatic heterocycles. The van der Waals surface area contributed by atoms with Gasteiger partial charge in [0.05, 0.1) is 23.1 Å². The molecular weight excluding hydrogens is 278 g/mol. The van der Waals surface area contributed by atoms with Crippen molar-refractivity contribution < 1.29 is 4.52 Å². The van der Waals surface area contributed by atoms with E-state index < -0.39 is 0 Å². The van der Waals surface area contributed by atoms with Crippen molar-refractivity contribution in [2.45, 2.75) is 6.92 Å². The van der Waals surface area contributed by atoms with Gasteiger partial charge in [-0.25, -0.2) is 0 Å². The molecule has 0 fully saturated rings. The topological polar surface area (TPSA) is 69.6 Å². The van der Waals surface area contributed by atoms with Crippen LogP contribution < -0.4 is 0 Å². The molecule has 6 heteroatoms. The average Bonchev–Trinajstić information content (AvgIpc) is 3.14. The van der Waals surface area contributed by atoms with Gasteiger partial charge in [0.1, 0.15) is 0 Å². The molecule has 0 atom stereocenters. The molecule has 0 aliphatic rings. The zero-order valence-electron chi connectivity index (χ0n) is 12.2. The van der Waals surface area contributed by atoms with E-state index in [0.29, 0.717) is 11.7 Å². The standard InChI is InChI=1S/C16H13N5O/c1-10-19-16(20-22-10)12-3-5-17-13(8-12)14-7-11-4-6-21(2)15(11)9-18-14/h3-9H,1-2H3. The number of aryl methyl sites for hydroxylation is 2. The van der Waals surface area contributed by atoms with Crippen LogP contribution in [0.4, 0.5) is 0 Å². The Morgan fingerprint density at radius 1 is 1.09 bits per heavy atom. The van der Waals surface area contributed by atoms with E-state index in [-0.39, 0.29) is 0 Å². The fourth-order valence-corrected chi connectivity index (χ4v) is 2.43. The second-order valence-corrected chi connectivity index (χ2v) is 5.12. The molecule has 0 radical (unpaired) electrons. The van der Waals surface area contributed by atoms with Crippen LogP contribution in [0, 0.1) is 6.92 Å². The van der Waals surface area contributed by atoms with E-state index in [9.17, 15) is 0 Å². The largest absolute Gasteiger partial charge is 0.349 e. The molecule has 0 aliphatic carbocycles. The van der Waals surface area contributed by atoms with Crippen molar-refractivity contribution in [2.75, 3.05) is 0 Å². The predicted molar refractivity (Wildman–Crippen MR) is 82.0 cm³/mol. The number of hydrogen-bond acceptors (Lipinski definition) is 5. The van der Waals surface area contributed by atoms with Crippen molar-refractivity contribution in [3.05, 3.63) is 48.7 Å². The van der Waals surface area contributed by atoms with Gasteiger partial charge in [-0.05, 0) is 24.3 Å². The van der Waals surface area contributed by atoms with Crippen molar-refractivity contribution in [1.82, 2.24) is 24.7 Å². The van der Waals surface area contributed by atoms with Crippen LogP contribution in [0.25, 0.3) is 33.7 Å². The van der Waals surface area contributed by atoms with Gasteiger partial charge in [0.25, 0.3) is 0 Å². The monoisotopic (exact) mass is 291 g/mol. The Hall–Kier alpha value is -3.02. The van der Waals surface area contributed by atoms with Crippen LogP contribution in [0.2, 0.25) is 0 Å². The molecule has 4 rings (SSSR count). The van der Waals surface area contributed by atoms with Gasteiger partial charge in [-0.15, -0.1) is 0 Å². The van der Waals surface area contributed by atoms with Gasteiger partial charge in [0.2, 0.25) is 11.7 Å². The summed E-state index contributed by atoms with van der Waals surface area (Å²) in [5, 5.41) is 5.07. The third-order valence-electron chi connectivity index (χ3n) is 3.58. The molecule has 0 bridgehead atoms. The fraction of sp³-hybridized carbons (Fsp3) is 0.125. The maximum absolute atomic E-state index is 5.02. The molecule has 0 amide bonds. The highest BCUT2D eigenvalue weighted by atomic mass is 16.5. The van der Waals surface area contributed by atoms with Crippen LogP contribution in [-0.4, -0.2) is 24.7 Å².